The molecule has 0 atom stereocenters. The second-order valence-corrected chi connectivity index (χ2v) is 4.81. The molecule has 1 aromatic carbocycles. The minimum atomic E-state index is -0.524. The Bertz CT molecular complexity index is 423. The molecule has 0 spiro atoms. The first-order valence-corrected chi connectivity index (χ1v) is 5.63. The van der Waals surface area contributed by atoms with Crippen molar-refractivity contribution in [2.75, 3.05) is 6.61 Å². The van der Waals surface area contributed by atoms with Gasteiger partial charge in [-0.15, -0.1) is 0 Å². The van der Waals surface area contributed by atoms with Crippen LogP contribution in [0.4, 0.5) is 0 Å². The summed E-state index contributed by atoms with van der Waals surface area (Å²) in [5, 5.41) is 2.79. The maximum absolute atomic E-state index is 11.4. The fourth-order valence-electron chi connectivity index (χ4n) is 1.32. The van der Waals surface area contributed by atoms with Gasteiger partial charge < -0.3 is 9.47 Å². The Morgan fingerprint density at radius 3 is 2.67 bits per heavy atom. The first kappa shape index (κ1) is 14.2. The van der Waals surface area contributed by atoms with Gasteiger partial charge in [-0.05, 0) is 38.5 Å². The van der Waals surface area contributed by atoms with Crippen LogP contribution in [0, 0.1) is 4.91 Å². The molecule has 0 aromatic heterocycles. The Labute approximate surface area is 106 Å². The second kappa shape index (κ2) is 6.14. The summed E-state index contributed by atoms with van der Waals surface area (Å²) in [6.07, 6.45) is 0. The molecular formula is C13H17NO4. The maximum Gasteiger partial charge on any atom is 0.344 e. The Hall–Kier alpha value is -1.91. The van der Waals surface area contributed by atoms with Crippen LogP contribution < -0.4 is 4.74 Å². The Kier molecular flexibility index (Phi) is 4.83. The van der Waals surface area contributed by atoms with Crippen molar-refractivity contribution in [3.8, 4) is 5.75 Å². The topological polar surface area (TPSA) is 65.0 Å². The predicted octanol–water partition coefficient (Wildman–Crippen LogP) is 2.67. The standard InChI is InChI=1S/C13H17NO4/c1-13(2,3)18-12(15)9-17-11-6-4-5-10(7-11)8-14-16/h4-7H,8-9H2,1-3H3. The van der Waals surface area contributed by atoms with E-state index in [-0.39, 0.29) is 13.2 Å². The summed E-state index contributed by atoms with van der Waals surface area (Å²) in [4.78, 5) is 21.6. The molecule has 5 nitrogen and oxygen atoms in total. The van der Waals surface area contributed by atoms with Crippen molar-refractivity contribution in [3.63, 3.8) is 0 Å². The third-order valence-electron chi connectivity index (χ3n) is 1.92. The van der Waals surface area contributed by atoms with Gasteiger partial charge in [0.1, 0.15) is 17.9 Å². The van der Waals surface area contributed by atoms with Crippen LogP contribution in [0.25, 0.3) is 0 Å². The fraction of sp³-hybridized carbons (Fsp3) is 0.462. The van der Waals surface area contributed by atoms with Gasteiger partial charge in [0.25, 0.3) is 0 Å². The number of esters is 1. The molecule has 0 saturated heterocycles. The highest BCUT2D eigenvalue weighted by molar-refractivity contribution is 5.71. The van der Waals surface area contributed by atoms with Crippen LogP contribution in [-0.2, 0) is 16.1 Å². The van der Waals surface area contributed by atoms with E-state index in [4.69, 9.17) is 9.47 Å². The van der Waals surface area contributed by atoms with E-state index >= 15 is 0 Å². The number of nitroso groups, excluding NO2 is 1. The van der Waals surface area contributed by atoms with Crippen LogP contribution in [-0.4, -0.2) is 18.2 Å². The summed E-state index contributed by atoms with van der Waals surface area (Å²) in [6, 6.07) is 6.89. The van der Waals surface area contributed by atoms with Crippen LogP contribution in [0.3, 0.4) is 0 Å². The quantitative estimate of drug-likeness (QED) is 0.596. The summed E-state index contributed by atoms with van der Waals surface area (Å²) in [6.45, 7) is 5.31. The lowest BCUT2D eigenvalue weighted by molar-refractivity contribution is -0.157. The third kappa shape index (κ3) is 5.43. The highest BCUT2D eigenvalue weighted by Crippen LogP contribution is 2.14. The first-order valence-electron chi connectivity index (χ1n) is 5.63. The molecule has 0 amide bonds. The van der Waals surface area contributed by atoms with Crippen LogP contribution in [0.5, 0.6) is 5.75 Å². The molecule has 0 bridgehead atoms. The summed E-state index contributed by atoms with van der Waals surface area (Å²) >= 11 is 0. The molecule has 0 radical (unpaired) electrons. The van der Waals surface area contributed by atoms with Crippen molar-refractivity contribution in [3.05, 3.63) is 34.7 Å². The van der Waals surface area contributed by atoms with E-state index in [0.717, 1.165) is 5.56 Å². The molecule has 0 aliphatic heterocycles. The van der Waals surface area contributed by atoms with Crippen LogP contribution >= 0.6 is 0 Å². The lowest BCUT2D eigenvalue weighted by atomic mass is 10.2. The van der Waals surface area contributed by atoms with E-state index in [2.05, 4.69) is 5.18 Å². The zero-order valence-corrected chi connectivity index (χ0v) is 10.8. The Morgan fingerprint density at radius 2 is 2.06 bits per heavy atom. The molecule has 18 heavy (non-hydrogen) atoms. The van der Waals surface area contributed by atoms with Crippen LogP contribution in [0.15, 0.2) is 29.4 Å². The normalized spacial score (nSPS) is 10.8. The average molecular weight is 251 g/mol. The predicted molar refractivity (Wildman–Crippen MR) is 67.3 cm³/mol. The average Bonchev–Trinajstić information content (AvgIpc) is 2.25. The molecular weight excluding hydrogens is 234 g/mol. The van der Waals surface area contributed by atoms with Gasteiger partial charge in [0.05, 0.1) is 0 Å². The molecule has 0 saturated carbocycles. The number of hydrogen-bond acceptors (Lipinski definition) is 5. The van der Waals surface area contributed by atoms with E-state index in [1.807, 2.05) is 0 Å². The van der Waals surface area contributed by atoms with Crippen molar-refractivity contribution in [2.45, 2.75) is 32.9 Å². The number of carbonyl (C=O) groups is 1. The molecule has 1 rings (SSSR count). The van der Waals surface area contributed by atoms with E-state index in [1.54, 1.807) is 45.0 Å². The van der Waals surface area contributed by atoms with E-state index in [0.29, 0.717) is 5.75 Å². The highest BCUT2D eigenvalue weighted by atomic mass is 16.6. The zero-order valence-electron chi connectivity index (χ0n) is 10.8. The van der Waals surface area contributed by atoms with E-state index in [9.17, 15) is 9.70 Å². The molecule has 0 aliphatic rings. The smallest absolute Gasteiger partial charge is 0.344 e. The van der Waals surface area contributed by atoms with E-state index < -0.39 is 11.6 Å². The van der Waals surface area contributed by atoms with Crippen molar-refractivity contribution >= 4 is 5.97 Å². The SMILES string of the molecule is CC(C)(C)OC(=O)COc1cccc(CN=O)c1. The molecule has 98 valence electrons. The zero-order chi connectivity index (χ0) is 13.6. The van der Waals surface area contributed by atoms with Gasteiger partial charge in [-0.3, -0.25) is 0 Å². The van der Waals surface area contributed by atoms with Crippen molar-refractivity contribution in [1.29, 1.82) is 0 Å². The molecule has 0 N–H and O–H groups in total. The lowest BCUT2D eigenvalue weighted by Gasteiger charge is -2.19. The first-order chi connectivity index (χ1) is 8.40. The lowest BCUT2D eigenvalue weighted by Crippen LogP contribution is -2.27. The van der Waals surface area contributed by atoms with Crippen LogP contribution in [0.1, 0.15) is 26.3 Å². The number of ether oxygens (including phenoxy) is 2. The number of rotatable bonds is 5. The minimum absolute atomic E-state index is 0.0869. The van der Waals surface area contributed by atoms with Gasteiger partial charge in [0.2, 0.25) is 0 Å². The van der Waals surface area contributed by atoms with E-state index in [1.165, 1.54) is 0 Å². The van der Waals surface area contributed by atoms with Gasteiger partial charge in [-0.1, -0.05) is 17.3 Å². The largest absolute Gasteiger partial charge is 0.482 e. The summed E-state index contributed by atoms with van der Waals surface area (Å²) in [7, 11) is 0. The molecule has 0 aliphatic carbocycles. The van der Waals surface area contributed by atoms with Crippen molar-refractivity contribution < 1.29 is 14.3 Å². The van der Waals surface area contributed by atoms with Gasteiger partial charge in [-0.2, -0.15) is 4.91 Å². The molecule has 1 aromatic rings. The summed E-state index contributed by atoms with van der Waals surface area (Å²) in [5.41, 5.74) is 0.218. The highest BCUT2D eigenvalue weighted by Gasteiger charge is 2.16. The number of benzene rings is 1. The number of hydrogen-bond donors (Lipinski definition) is 0. The monoisotopic (exact) mass is 251 g/mol. The summed E-state index contributed by atoms with van der Waals surface area (Å²) < 4.78 is 10.4. The molecule has 0 fully saturated rings. The fourth-order valence-corrected chi connectivity index (χ4v) is 1.32. The third-order valence-corrected chi connectivity index (χ3v) is 1.92. The minimum Gasteiger partial charge on any atom is -0.482 e. The Morgan fingerprint density at radius 1 is 1.33 bits per heavy atom. The molecule has 5 heteroatoms. The number of carbonyl (C=O) groups excluding carboxylic acids is 1. The van der Waals surface area contributed by atoms with Gasteiger partial charge >= 0.3 is 5.97 Å². The van der Waals surface area contributed by atoms with Crippen molar-refractivity contribution in [2.24, 2.45) is 5.18 Å². The van der Waals surface area contributed by atoms with Gasteiger partial charge in [0.15, 0.2) is 6.61 Å². The van der Waals surface area contributed by atoms with Crippen molar-refractivity contribution in [1.82, 2.24) is 0 Å². The second-order valence-electron chi connectivity index (χ2n) is 4.81. The number of nitrogens with zero attached hydrogens (tertiary/aromatic N) is 1. The molecule has 0 unspecified atom stereocenters. The van der Waals surface area contributed by atoms with Gasteiger partial charge in [-0.25, -0.2) is 4.79 Å². The van der Waals surface area contributed by atoms with Crippen LogP contribution in [0.2, 0.25) is 0 Å². The van der Waals surface area contributed by atoms with Gasteiger partial charge in [0, 0.05) is 0 Å². The maximum atomic E-state index is 11.4. The molecule has 0 heterocycles. The summed E-state index contributed by atoms with van der Waals surface area (Å²) in [5.74, 6) is 0.0865. The Balaban J connectivity index is 2.50.